The Labute approximate surface area is 195 Å². The Bertz CT molecular complexity index is 1350. The molecule has 1 aliphatic heterocycles. The maximum absolute atomic E-state index is 13.6. The molecule has 33 heavy (non-hydrogen) atoms. The standard InChI is InChI=1S/C26H23N3O3S/c1-32-22-4-2-3-18(13-22)15-29-24-7-11-28(25(30)20-8-12-33-17-20)16-21(24)14-23(26(29)31)19-5-9-27-10-6-19/h2-6,8-10,12-14,17H,7,11,15-16H2,1H3. The smallest absolute Gasteiger partial charge is 0.258 e. The van der Waals surface area contributed by atoms with E-state index in [2.05, 4.69) is 4.98 Å². The van der Waals surface area contributed by atoms with Gasteiger partial charge in [0.05, 0.1) is 19.2 Å². The molecule has 3 aromatic heterocycles. The second kappa shape index (κ2) is 9.03. The molecule has 7 heteroatoms. The van der Waals surface area contributed by atoms with Crippen LogP contribution in [0.4, 0.5) is 0 Å². The Morgan fingerprint density at radius 3 is 2.76 bits per heavy atom. The quantitative estimate of drug-likeness (QED) is 0.450. The number of methoxy groups -OCH3 is 1. The number of carbonyl (C=O) groups is 1. The van der Waals surface area contributed by atoms with Gasteiger partial charge in [-0.1, -0.05) is 12.1 Å². The lowest BCUT2D eigenvalue weighted by Crippen LogP contribution is -2.39. The zero-order chi connectivity index (χ0) is 22.8. The first-order chi connectivity index (χ1) is 16.1. The van der Waals surface area contributed by atoms with Gasteiger partial charge < -0.3 is 14.2 Å². The zero-order valence-corrected chi connectivity index (χ0v) is 19.0. The van der Waals surface area contributed by atoms with E-state index in [1.807, 2.05) is 68.8 Å². The number of thiophene rings is 1. The van der Waals surface area contributed by atoms with Crippen LogP contribution in [-0.4, -0.2) is 34.0 Å². The first-order valence-electron chi connectivity index (χ1n) is 10.7. The zero-order valence-electron chi connectivity index (χ0n) is 18.2. The number of benzene rings is 1. The molecule has 5 rings (SSSR count). The summed E-state index contributed by atoms with van der Waals surface area (Å²) in [7, 11) is 1.64. The molecule has 0 unspecified atom stereocenters. The number of amides is 1. The molecule has 1 amide bonds. The van der Waals surface area contributed by atoms with Crippen molar-refractivity contribution in [3.8, 4) is 16.9 Å². The highest BCUT2D eigenvalue weighted by atomic mass is 32.1. The van der Waals surface area contributed by atoms with Crippen LogP contribution in [0.3, 0.4) is 0 Å². The Hall–Kier alpha value is -3.71. The van der Waals surface area contributed by atoms with E-state index in [1.165, 1.54) is 11.3 Å². The van der Waals surface area contributed by atoms with Gasteiger partial charge in [-0.15, -0.1) is 0 Å². The lowest BCUT2D eigenvalue weighted by molar-refractivity contribution is 0.0732. The largest absolute Gasteiger partial charge is 0.497 e. The van der Waals surface area contributed by atoms with Crippen LogP contribution in [0, 0.1) is 0 Å². The summed E-state index contributed by atoms with van der Waals surface area (Å²) < 4.78 is 7.22. The van der Waals surface area contributed by atoms with Gasteiger partial charge >= 0.3 is 0 Å². The number of ether oxygens (including phenoxy) is 1. The Balaban J connectivity index is 1.59. The highest BCUT2D eigenvalue weighted by Gasteiger charge is 2.26. The van der Waals surface area contributed by atoms with Crippen molar-refractivity contribution < 1.29 is 9.53 Å². The highest BCUT2D eigenvalue weighted by Crippen LogP contribution is 2.26. The third-order valence-electron chi connectivity index (χ3n) is 5.99. The van der Waals surface area contributed by atoms with Gasteiger partial charge in [-0.05, 0) is 58.5 Å². The molecule has 1 aromatic carbocycles. The molecule has 1 aliphatic rings. The second-order valence-electron chi connectivity index (χ2n) is 8.00. The van der Waals surface area contributed by atoms with E-state index in [-0.39, 0.29) is 11.5 Å². The Morgan fingerprint density at radius 1 is 1.15 bits per heavy atom. The van der Waals surface area contributed by atoms with Gasteiger partial charge in [0, 0.05) is 48.5 Å². The maximum atomic E-state index is 13.6. The summed E-state index contributed by atoms with van der Waals surface area (Å²) in [5.74, 6) is 0.783. The van der Waals surface area contributed by atoms with Crippen LogP contribution in [0.2, 0.25) is 0 Å². The topological polar surface area (TPSA) is 64.4 Å². The summed E-state index contributed by atoms with van der Waals surface area (Å²) in [5.41, 5.74) is 5.07. The molecule has 0 saturated carbocycles. The molecule has 0 aliphatic carbocycles. The molecule has 0 saturated heterocycles. The van der Waals surface area contributed by atoms with Crippen molar-refractivity contribution in [1.82, 2.24) is 14.5 Å². The fraction of sp³-hybridized carbons (Fsp3) is 0.192. The lowest BCUT2D eigenvalue weighted by Gasteiger charge is -2.31. The summed E-state index contributed by atoms with van der Waals surface area (Å²) in [6.07, 6.45) is 4.00. The highest BCUT2D eigenvalue weighted by molar-refractivity contribution is 7.08. The monoisotopic (exact) mass is 457 g/mol. The van der Waals surface area contributed by atoms with Crippen LogP contribution in [-0.2, 0) is 19.5 Å². The predicted molar refractivity (Wildman–Crippen MR) is 129 cm³/mol. The molecule has 0 fully saturated rings. The van der Waals surface area contributed by atoms with Crippen LogP contribution >= 0.6 is 11.3 Å². The predicted octanol–water partition coefficient (Wildman–Crippen LogP) is 4.23. The van der Waals surface area contributed by atoms with Crippen molar-refractivity contribution in [2.24, 2.45) is 0 Å². The molecule has 0 atom stereocenters. The molecule has 6 nitrogen and oxygen atoms in total. The van der Waals surface area contributed by atoms with Crippen LogP contribution in [0.15, 0.2) is 76.5 Å². The van der Waals surface area contributed by atoms with Crippen LogP contribution in [0.5, 0.6) is 5.75 Å². The van der Waals surface area contributed by atoms with Crippen molar-refractivity contribution in [1.29, 1.82) is 0 Å². The first-order valence-corrected chi connectivity index (χ1v) is 11.7. The molecule has 166 valence electrons. The average molecular weight is 458 g/mol. The normalized spacial score (nSPS) is 12.9. The molecule has 0 spiro atoms. The van der Waals surface area contributed by atoms with Crippen molar-refractivity contribution in [2.75, 3.05) is 13.7 Å². The SMILES string of the molecule is COc1cccc(Cn2c3c(cc(-c4ccncc4)c2=O)CN(C(=O)c2ccsc2)CC3)c1. The fourth-order valence-corrected chi connectivity index (χ4v) is 4.95. The number of nitrogens with zero attached hydrogens (tertiary/aromatic N) is 3. The van der Waals surface area contributed by atoms with Gasteiger partial charge in [-0.3, -0.25) is 14.6 Å². The number of hydrogen-bond acceptors (Lipinski definition) is 5. The van der Waals surface area contributed by atoms with Gasteiger partial charge in [0.1, 0.15) is 5.75 Å². The fourth-order valence-electron chi connectivity index (χ4n) is 4.32. The summed E-state index contributed by atoms with van der Waals surface area (Å²) >= 11 is 1.52. The van der Waals surface area contributed by atoms with E-state index in [0.717, 1.165) is 28.1 Å². The van der Waals surface area contributed by atoms with Crippen LogP contribution in [0.1, 0.15) is 27.2 Å². The Kier molecular flexibility index (Phi) is 5.79. The minimum atomic E-state index is -0.0413. The van der Waals surface area contributed by atoms with E-state index >= 15 is 0 Å². The number of pyridine rings is 2. The number of carbonyl (C=O) groups excluding carboxylic acids is 1. The van der Waals surface area contributed by atoms with Crippen LogP contribution < -0.4 is 10.3 Å². The first kappa shape index (κ1) is 21.2. The van der Waals surface area contributed by atoms with E-state index in [4.69, 9.17) is 4.74 Å². The molecule has 4 aromatic rings. The van der Waals surface area contributed by atoms with E-state index in [1.54, 1.807) is 19.5 Å². The molecule has 4 heterocycles. The van der Waals surface area contributed by atoms with Crippen molar-refractivity contribution >= 4 is 17.2 Å². The van der Waals surface area contributed by atoms with Crippen molar-refractivity contribution in [3.63, 3.8) is 0 Å². The number of rotatable bonds is 5. The van der Waals surface area contributed by atoms with Crippen molar-refractivity contribution in [3.05, 3.63) is 104 Å². The molecule has 0 bridgehead atoms. The molecular weight excluding hydrogens is 434 g/mol. The summed E-state index contributed by atoms with van der Waals surface area (Å²) in [4.78, 5) is 32.6. The van der Waals surface area contributed by atoms with Gasteiger partial charge in [0.25, 0.3) is 11.5 Å². The summed E-state index contributed by atoms with van der Waals surface area (Å²) in [6.45, 7) is 1.49. The van der Waals surface area contributed by atoms with Crippen LogP contribution in [0.25, 0.3) is 11.1 Å². The summed E-state index contributed by atoms with van der Waals surface area (Å²) in [6, 6.07) is 15.3. The van der Waals surface area contributed by atoms with Gasteiger partial charge in [-0.25, -0.2) is 0 Å². The number of fused-ring (bicyclic) bond motifs is 1. The molecule has 0 N–H and O–H groups in total. The average Bonchev–Trinajstić information content (AvgIpc) is 3.40. The van der Waals surface area contributed by atoms with E-state index in [0.29, 0.717) is 37.2 Å². The summed E-state index contributed by atoms with van der Waals surface area (Å²) in [5, 5.41) is 3.79. The Morgan fingerprint density at radius 2 is 2.00 bits per heavy atom. The van der Waals surface area contributed by atoms with E-state index < -0.39 is 0 Å². The maximum Gasteiger partial charge on any atom is 0.258 e. The van der Waals surface area contributed by atoms with Crippen molar-refractivity contribution in [2.45, 2.75) is 19.5 Å². The minimum Gasteiger partial charge on any atom is -0.497 e. The third kappa shape index (κ3) is 4.19. The number of aromatic nitrogens is 2. The number of hydrogen-bond donors (Lipinski definition) is 0. The van der Waals surface area contributed by atoms with Gasteiger partial charge in [-0.2, -0.15) is 11.3 Å². The van der Waals surface area contributed by atoms with E-state index in [9.17, 15) is 9.59 Å². The van der Waals surface area contributed by atoms with Gasteiger partial charge in [0.2, 0.25) is 0 Å². The lowest BCUT2D eigenvalue weighted by atomic mass is 9.98. The molecule has 0 radical (unpaired) electrons. The minimum absolute atomic E-state index is 0.0258. The third-order valence-corrected chi connectivity index (χ3v) is 6.68. The van der Waals surface area contributed by atoms with Gasteiger partial charge in [0.15, 0.2) is 0 Å². The molecular formula is C26H23N3O3S. The second-order valence-corrected chi connectivity index (χ2v) is 8.78.